The number of pyridine rings is 1. The Hall–Kier alpha value is -1.55. The molecule has 3 heterocycles. The van der Waals surface area contributed by atoms with Crippen molar-refractivity contribution in [3.05, 3.63) is 35.0 Å². The van der Waals surface area contributed by atoms with E-state index in [-0.39, 0.29) is 11.8 Å². The van der Waals surface area contributed by atoms with Crippen molar-refractivity contribution >= 4 is 21.8 Å². The Morgan fingerprint density at radius 2 is 2.21 bits per heavy atom. The Bertz CT molecular complexity index is 839. The first-order valence-corrected chi connectivity index (χ1v) is 9.29. The molecule has 3 N–H and O–H groups in total. The maximum atomic E-state index is 13.0. The summed E-state index contributed by atoms with van der Waals surface area (Å²) in [4.78, 5) is 11.4. The van der Waals surface area contributed by atoms with Crippen LogP contribution >= 0.6 is 11.6 Å². The van der Waals surface area contributed by atoms with Gasteiger partial charge in [-0.2, -0.15) is 12.7 Å². The van der Waals surface area contributed by atoms with Gasteiger partial charge < -0.3 is 4.98 Å². The first-order valence-electron chi connectivity index (χ1n) is 7.41. The average Bonchev–Trinajstić information content (AvgIpc) is 2.89. The SMILES string of the molecule is C[C@H]1CN(S(N)(=O)=O)CC[C@H]1c1[nH]c(-c2ccc(F)cn2)nc1Cl. The molecule has 1 aliphatic heterocycles. The van der Waals surface area contributed by atoms with Crippen molar-refractivity contribution in [3.8, 4) is 11.5 Å². The second kappa shape index (κ2) is 6.40. The van der Waals surface area contributed by atoms with E-state index in [0.717, 1.165) is 11.9 Å². The van der Waals surface area contributed by atoms with E-state index in [1.807, 2.05) is 6.92 Å². The molecule has 1 aliphatic rings. The Kier molecular flexibility index (Phi) is 4.60. The molecule has 0 aliphatic carbocycles. The fourth-order valence-electron chi connectivity index (χ4n) is 3.02. The number of hydrogen-bond acceptors (Lipinski definition) is 4. The largest absolute Gasteiger partial charge is 0.339 e. The van der Waals surface area contributed by atoms with Gasteiger partial charge in [-0.05, 0) is 24.5 Å². The summed E-state index contributed by atoms with van der Waals surface area (Å²) in [6.07, 6.45) is 1.69. The molecule has 1 fully saturated rings. The third-order valence-electron chi connectivity index (χ3n) is 4.25. The first-order chi connectivity index (χ1) is 11.3. The number of rotatable bonds is 3. The number of aromatic amines is 1. The van der Waals surface area contributed by atoms with Crippen LogP contribution in [0.2, 0.25) is 5.15 Å². The van der Waals surface area contributed by atoms with Gasteiger partial charge in [-0.3, -0.25) is 0 Å². The molecule has 7 nitrogen and oxygen atoms in total. The second-order valence-corrected chi connectivity index (χ2v) is 7.83. The summed E-state index contributed by atoms with van der Waals surface area (Å²) in [5, 5.41) is 5.51. The summed E-state index contributed by atoms with van der Waals surface area (Å²) in [6.45, 7) is 2.59. The number of nitrogens with two attached hydrogens (primary N) is 1. The highest BCUT2D eigenvalue weighted by Crippen LogP contribution is 2.36. The van der Waals surface area contributed by atoms with Crippen LogP contribution in [0.4, 0.5) is 4.39 Å². The molecule has 1 saturated heterocycles. The number of piperidine rings is 1. The summed E-state index contributed by atoms with van der Waals surface area (Å²) >= 11 is 6.25. The predicted molar refractivity (Wildman–Crippen MR) is 88.0 cm³/mol. The Balaban J connectivity index is 1.84. The van der Waals surface area contributed by atoms with Crippen molar-refractivity contribution in [2.45, 2.75) is 19.3 Å². The highest BCUT2D eigenvalue weighted by Gasteiger charge is 2.34. The van der Waals surface area contributed by atoms with E-state index in [4.69, 9.17) is 16.7 Å². The highest BCUT2D eigenvalue weighted by atomic mass is 35.5. The van der Waals surface area contributed by atoms with Gasteiger partial charge in [0.15, 0.2) is 11.0 Å². The molecule has 10 heteroatoms. The van der Waals surface area contributed by atoms with E-state index in [1.54, 1.807) is 0 Å². The van der Waals surface area contributed by atoms with Crippen molar-refractivity contribution < 1.29 is 12.8 Å². The third-order valence-corrected chi connectivity index (χ3v) is 5.59. The number of hydrogen-bond donors (Lipinski definition) is 2. The van der Waals surface area contributed by atoms with Gasteiger partial charge in [-0.15, -0.1) is 0 Å². The fourth-order valence-corrected chi connectivity index (χ4v) is 4.09. The lowest BCUT2D eigenvalue weighted by molar-refractivity contribution is 0.246. The smallest absolute Gasteiger partial charge is 0.276 e. The minimum absolute atomic E-state index is 0.0176. The van der Waals surface area contributed by atoms with Crippen molar-refractivity contribution in [1.29, 1.82) is 0 Å². The molecule has 2 aromatic heterocycles. The van der Waals surface area contributed by atoms with Crippen LogP contribution in [-0.4, -0.2) is 40.8 Å². The van der Waals surface area contributed by atoms with Crippen LogP contribution in [0.5, 0.6) is 0 Å². The van der Waals surface area contributed by atoms with Crippen LogP contribution in [0.1, 0.15) is 25.0 Å². The number of aromatic nitrogens is 3. The number of halogens is 2. The number of imidazole rings is 1. The van der Waals surface area contributed by atoms with Crippen LogP contribution in [0.3, 0.4) is 0 Å². The Morgan fingerprint density at radius 1 is 1.46 bits per heavy atom. The highest BCUT2D eigenvalue weighted by molar-refractivity contribution is 7.86. The van der Waals surface area contributed by atoms with Crippen LogP contribution in [0, 0.1) is 11.7 Å². The van der Waals surface area contributed by atoms with Gasteiger partial charge in [-0.25, -0.2) is 19.5 Å². The number of H-pyrrole nitrogens is 1. The minimum atomic E-state index is -3.69. The topological polar surface area (TPSA) is 105 Å². The molecule has 0 radical (unpaired) electrons. The van der Waals surface area contributed by atoms with E-state index in [9.17, 15) is 12.8 Å². The molecule has 2 atom stereocenters. The molecule has 0 unspecified atom stereocenters. The van der Waals surface area contributed by atoms with Crippen molar-refractivity contribution in [3.63, 3.8) is 0 Å². The normalized spacial score (nSPS) is 22.7. The third kappa shape index (κ3) is 3.44. The number of nitrogens with one attached hydrogen (secondary N) is 1. The van der Waals surface area contributed by atoms with Crippen LogP contribution in [0.25, 0.3) is 11.5 Å². The van der Waals surface area contributed by atoms with Gasteiger partial charge in [-0.1, -0.05) is 18.5 Å². The fraction of sp³-hybridized carbons (Fsp3) is 0.429. The molecular weight excluding hydrogens is 357 g/mol. The zero-order valence-electron chi connectivity index (χ0n) is 12.9. The molecule has 0 aromatic carbocycles. The molecule has 130 valence electrons. The number of nitrogens with zero attached hydrogens (tertiary/aromatic N) is 3. The van der Waals surface area contributed by atoms with E-state index in [1.165, 1.54) is 16.4 Å². The summed E-state index contributed by atoms with van der Waals surface area (Å²) < 4.78 is 37.2. The summed E-state index contributed by atoms with van der Waals surface area (Å²) in [7, 11) is -3.69. The lowest BCUT2D eigenvalue weighted by Crippen LogP contribution is -2.45. The molecule has 0 amide bonds. The Labute approximate surface area is 144 Å². The van der Waals surface area contributed by atoms with Crippen molar-refractivity contribution in [1.82, 2.24) is 19.3 Å². The zero-order chi connectivity index (χ0) is 17.5. The minimum Gasteiger partial charge on any atom is -0.339 e. The second-order valence-electron chi connectivity index (χ2n) is 5.93. The van der Waals surface area contributed by atoms with Crippen LogP contribution in [-0.2, 0) is 10.2 Å². The summed E-state index contributed by atoms with van der Waals surface area (Å²) in [5.41, 5.74) is 1.22. The summed E-state index contributed by atoms with van der Waals surface area (Å²) in [6, 6.07) is 2.81. The van der Waals surface area contributed by atoms with Gasteiger partial charge in [0, 0.05) is 19.0 Å². The van der Waals surface area contributed by atoms with E-state index >= 15 is 0 Å². The lowest BCUT2D eigenvalue weighted by atomic mass is 9.86. The maximum Gasteiger partial charge on any atom is 0.276 e. The summed E-state index contributed by atoms with van der Waals surface area (Å²) in [5.74, 6) is 0.0675. The molecular formula is C14H17ClFN5O2S. The molecule has 3 rings (SSSR count). The van der Waals surface area contributed by atoms with Crippen molar-refractivity contribution in [2.24, 2.45) is 11.1 Å². The molecule has 0 spiro atoms. The van der Waals surface area contributed by atoms with Gasteiger partial charge in [0.2, 0.25) is 0 Å². The quantitative estimate of drug-likeness (QED) is 0.856. The van der Waals surface area contributed by atoms with E-state index < -0.39 is 16.0 Å². The molecule has 24 heavy (non-hydrogen) atoms. The van der Waals surface area contributed by atoms with E-state index in [0.29, 0.717) is 36.2 Å². The molecule has 0 saturated carbocycles. The zero-order valence-corrected chi connectivity index (χ0v) is 14.5. The first kappa shape index (κ1) is 17.3. The van der Waals surface area contributed by atoms with Gasteiger partial charge >= 0.3 is 0 Å². The van der Waals surface area contributed by atoms with Gasteiger partial charge in [0.05, 0.1) is 11.9 Å². The maximum absolute atomic E-state index is 13.0. The molecule has 0 bridgehead atoms. The van der Waals surface area contributed by atoms with Crippen LogP contribution < -0.4 is 5.14 Å². The lowest BCUT2D eigenvalue weighted by Gasteiger charge is -2.34. The molecule has 2 aromatic rings. The van der Waals surface area contributed by atoms with Gasteiger partial charge in [0.25, 0.3) is 10.2 Å². The Morgan fingerprint density at radius 3 is 2.79 bits per heavy atom. The van der Waals surface area contributed by atoms with Crippen LogP contribution in [0.15, 0.2) is 18.3 Å². The monoisotopic (exact) mass is 373 g/mol. The van der Waals surface area contributed by atoms with Crippen molar-refractivity contribution in [2.75, 3.05) is 13.1 Å². The average molecular weight is 374 g/mol. The predicted octanol–water partition coefficient (Wildman–Crippen LogP) is 1.89. The standard InChI is InChI=1S/C14H17ClFN5O2S/c1-8-7-21(24(17,22)23)5-4-10(8)12-13(15)20-14(19-12)11-3-2-9(16)6-18-11/h2-3,6,8,10H,4-5,7H2,1H3,(H,19,20)(H2,17,22,23)/t8-,10+/m0/s1. The van der Waals surface area contributed by atoms with E-state index in [2.05, 4.69) is 15.0 Å². The van der Waals surface area contributed by atoms with Gasteiger partial charge in [0.1, 0.15) is 11.5 Å².